The van der Waals surface area contributed by atoms with Crippen molar-refractivity contribution in [2.45, 2.75) is 37.8 Å². The first-order valence-electron chi connectivity index (χ1n) is 5.37. The molecular weight excluding hydrogens is 166 g/mol. The quantitative estimate of drug-likeness (QED) is 0.626. The Kier molecular flexibility index (Phi) is 3.19. The van der Waals surface area contributed by atoms with Crippen molar-refractivity contribution in [3.8, 4) is 0 Å². The van der Waals surface area contributed by atoms with Crippen molar-refractivity contribution in [1.82, 2.24) is 5.32 Å². The van der Waals surface area contributed by atoms with E-state index in [1.54, 1.807) is 0 Å². The largest absolute Gasteiger partial charge is 0.393 e. The van der Waals surface area contributed by atoms with E-state index in [-0.39, 0.29) is 6.10 Å². The zero-order valence-electron chi connectivity index (χ0n) is 8.04. The molecule has 0 bridgehead atoms. The molecule has 3 atom stereocenters. The fraction of sp³-hybridized carbons (Fsp3) is 1.00. The van der Waals surface area contributed by atoms with Crippen LogP contribution in [0.4, 0.5) is 0 Å². The van der Waals surface area contributed by atoms with Gasteiger partial charge in [0, 0.05) is 18.5 Å². The van der Waals surface area contributed by atoms with Crippen LogP contribution in [-0.4, -0.2) is 37.0 Å². The van der Waals surface area contributed by atoms with Crippen molar-refractivity contribution in [3.05, 3.63) is 0 Å². The van der Waals surface area contributed by atoms with Crippen molar-refractivity contribution < 1.29 is 9.84 Å². The number of morpholine rings is 1. The molecule has 0 aromatic rings. The molecule has 0 unspecified atom stereocenters. The van der Waals surface area contributed by atoms with Gasteiger partial charge in [-0.2, -0.15) is 0 Å². The average Bonchev–Trinajstić information content (AvgIpc) is 2.20. The van der Waals surface area contributed by atoms with Gasteiger partial charge >= 0.3 is 0 Å². The Bertz CT molecular complexity index is 157. The molecule has 3 heteroatoms. The van der Waals surface area contributed by atoms with E-state index in [4.69, 9.17) is 4.74 Å². The summed E-state index contributed by atoms with van der Waals surface area (Å²) in [5, 5.41) is 13.3. The minimum atomic E-state index is -0.104. The highest BCUT2D eigenvalue weighted by atomic mass is 16.5. The van der Waals surface area contributed by atoms with E-state index in [0.717, 1.165) is 32.6 Å². The predicted molar refractivity (Wildman–Crippen MR) is 50.6 cm³/mol. The van der Waals surface area contributed by atoms with Crippen molar-refractivity contribution in [2.75, 3.05) is 19.8 Å². The van der Waals surface area contributed by atoms with Crippen molar-refractivity contribution in [2.24, 2.45) is 5.92 Å². The molecule has 1 aliphatic heterocycles. The normalized spacial score (nSPS) is 41.8. The molecule has 2 fully saturated rings. The van der Waals surface area contributed by atoms with Crippen LogP contribution in [0.1, 0.15) is 25.7 Å². The molecule has 0 spiro atoms. The van der Waals surface area contributed by atoms with Crippen LogP contribution in [0.25, 0.3) is 0 Å². The van der Waals surface area contributed by atoms with Crippen LogP contribution >= 0.6 is 0 Å². The van der Waals surface area contributed by atoms with Gasteiger partial charge < -0.3 is 15.2 Å². The third-order valence-corrected chi connectivity index (χ3v) is 3.25. The second kappa shape index (κ2) is 4.40. The molecular formula is C10H19NO2. The Morgan fingerprint density at radius 3 is 2.77 bits per heavy atom. The van der Waals surface area contributed by atoms with E-state index in [2.05, 4.69) is 5.32 Å². The maximum absolute atomic E-state index is 9.83. The van der Waals surface area contributed by atoms with Gasteiger partial charge in [-0.25, -0.2) is 0 Å². The lowest BCUT2D eigenvalue weighted by Crippen LogP contribution is -2.50. The number of nitrogens with one attached hydrogen (secondary N) is 1. The molecule has 3 nitrogen and oxygen atoms in total. The van der Waals surface area contributed by atoms with Gasteiger partial charge in [0.2, 0.25) is 0 Å². The molecule has 2 rings (SSSR count). The van der Waals surface area contributed by atoms with Crippen LogP contribution in [0, 0.1) is 5.92 Å². The first kappa shape index (κ1) is 9.44. The van der Waals surface area contributed by atoms with Crippen molar-refractivity contribution in [1.29, 1.82) is 0 Å². The standard InChI is InChI=1S/C10H19NO2/c12-10-4-2-1-3-8(10)9-7-13-6-5-11-9/h8-12H,1-7H2/t8-,9+,10+/m0/s1. The first-order valence-corrected chi connectivity index (χ1v) is 5.37. The first-order chi connectivity index (χ1) is 6.38. The molecule has 76 valence electrons. The fourth-order valence-electron chi connectivity index (χ4n) is 2.47. The minimum Gasteiger partial charge on any atom is -0.393 e. The fourth-order valence-corrected chi connectivity index (χ4v) is 2.47. The summed E-state index contributed by atoms with van der Waals surface area (Å²) in [6, 6.07) is 0.393. The molecule has 13 heavy (non-hydrogen) atoms. The summed E-state index contributed by atoms with van der Waals surface area (Å²) in [5.74, 6) is 0.425. The molecule has 2 N–H and O–H groups in total. The lowest BCUT2D eigenvalue weighted by molar-refractivity contribution is -0.00438. The Labute approximate surface area is 79.5 Å². The number of hydrogen-bond donors (Lipinski definition) is 2. The number of aliphatic hydroxyl groups excluding tert-OH is 1. The summed E-state index contributed by atoms with van der Waals surface area (Å²) < 4.78 is 5.41. The second-order valence-electron chi connectivity index (χ2n) is 4.15. The average molecular weight is 185 g/mol. The lowest BCUT2D eigenvalue weighted by Gasteiger charge is -2.36. The smallest absolute Gasteiger partial charge is 0.0623 e. The molecule has 1 saturated carbocycles. The van der Waals surface area contributed by atoms with Gasteiger partial charge in [0.25, 0.3) is 0 Å². The molecule has 0 radical (unpaired) electrons. The van der Waals surface area contributed by atoms with E-state index in [9.17, 15) is 5.11 Å². The summed E-state index contributed by atoms with van der Waals surface area (Å²) in [6.45, 7) is 2.54. The molecule has 0 aromatic heterocycles. The second-order valence-corrected chi connectivity index (χ2v) is 4.15. The van der Waals surface area contributed by atoms with E-state index in [1.807, 2.05) is 0 Å². The zero-order valence-corrected chi connectivity index (χ0v) is 8.04. The number of rotatable bonds is 1. The minimum absolute atomic E-state index is 0.104. The summed E-state index contributed by atoms with van der Waals surface area (Å²) >= 11 is 0. The van der Waals surface area contributed by atoms with E-state index in [1.165, 1.54) is 12.8 Å². The summed E-state index contributed by atoms with van der Waals surface area (Å²) in [6.07, 6.45) is 4.48. The summed E-state index contributed by atoms with van der Waals surface area (Å²) in [7, 11) is 0. The predicted octanol–water partition coefficient (Wildman–Crippen LogP) is 0.526. The van der Waals surface area contributed by atoms with Gasteiger partial charge in [0.1, 0.15) is 0 Å². The van der Waals surface area contributed by atoms with Crippen LogP contribution in [0.15, 0.2) is 0 Å². The molecule has 0 amide bonds. The molecule has 1 saturated heterocycles. The highest BCUT2D eigenvalue weighted by Crippen LogP contribution is 2.27. The molecule has 1 aliphatic carbocycles. The van der Waals surface area contributed by atoms with E-state index < -0.39 is 0 Å². The topological polar surface area (TPSA) is 41.5 Å². The highest BCUT2D eigenvalue weighted by Gasteiger charge is 2.31. The molecule has 2 aliphatic rings. The highest BCUT2D eigenvalue weighted by molar-refractivity contribution is 4.86. The van der Waals surface area contributed by atoms with Gasteiger partial charge in [-0.1, -0.05) is 12.8 Å². The third kappa shape index (κ3) is 2.22. The summed E-state index contributed by atoms with van der Waals surface area (Å²) in [4.78, 5) is 0. The van der Waals surface area contributed by atoms with E-state index >= 15 is 0 Å². The monoisotopic (exact) mass is 185 g/mol. The molecule has 0 aromatic carbocycles. The van der Waals surface area contributed by atoms with Crippen LogP contribution in [0.5, 0.6) is 0 Å². The van der Waals surface area contributed by atoms with Crippen LogP contribution in [-0.2, 0) is 4.74 Å². The summed E-state index contributed by atoms with van der Waals surface area (Å²) in [5.41, 5.74) is 0. The number of ether oxygens (including phenoxy) is 1. The third-order valence-electron chi connectivity index (χ3n) is 3.25. The maximum Gasteiger partial charge on any atom is 0.0623 e. The van der Waals surface area contributed by atoms with Gasteiger partial charge in [-0.15, -0.1) is 0 Å². The van der Waals surface area contributed by atoms with Crippen molar-refractivity contribution in [3.63, 3.8) is 0 Å². The Morgan fingerprint density at radius 1 is 1.23 bits per heavy atom. The van der Waals surface area contributed by atoms with Gasteiger partial charge in [0.05, 0.1) is 19.3 Å². The zero-order chi connectivity index (χ0) is 9.10. The number of hydrogen-bond acceptors (Lipinski definition) is 3. The maximum atomic E-state index is 9.83. The van der Waals surface area contributed by atoms with E-state index in [0.29, 0.717) is 12.0 Å². The Hall–Kier alpha value is -0.120. The van der Waals surface area contributed by atoms with Gasteiger partial charge in [-0.05, 0) is 12.8 Å². The lowest BCUT2D eigenvalue weighted by atomic mass is 9.81. The Balaban J connectivity index is 1.88. The van der Waals surface area contributed by atoms with Crippen molar-refractivity contribution >= 4 is 0 Å². The van der Waals surface area contributed by atoms with Gasteiger partial charge in [-0.3, -0.25) is 0 Å². The molecule has 1 heterocycles. The number of aliphatic hydroxyl groups is 1. The SMILES string of the molecule is O[C@@H]1CCCC[C@H]1[C@H]1COCCN1. The van der Waals surface area contributed by atoms with Gasteiger partial charge in [0.15, 0.2) is 0 Å². The van der Waals surface area contributed by atoms with Crippen LogP contribution in [0.2, 0.25) is 0 Å². The van der Waals surface area contributed by atoms with Crippen LogP contribution < -0.4 is 5.32 Å². The van der Waals surface area contributed by atoms with Crippen LogP contribution in [0.3, 0.4) is 0 Å². The Morgan fingerprint density at radius 2 is 2.08 bits per heavy atom.